The average Bonchev–Trinajstić information content (AvgIpc) is 3.13. The van der Waals surface area contributed by atoms with Gasteiger partial charge in [-0.25, -0.2) is 4.79 Å². The summed E-state index contributed by atoms with van der Waals surface area (Å²) in [7, 11) is 0. The van der Waals surface area contributed by atoms with Crippen molar-refractivity contribution in [2.24, 2.45) is 5.92 Å². The van der Waals surface area contributed by atoms with Gasteiger partial charge in [0, 0.05) is 11.3 Å². The lowest BCUT2D eigenvalue weighted by molar-refractivity contribution is -0.162. The van der Waals surface area contributed by atoms with Gasteiger partial charge in [0.15, 0.2) is 0 Å². The monoisotopic (exact) mass is 432 g/mol. The summed E-state index contributed by atoms with van der Waals surface area (Å²) in [4.78, 5) is 39.6. The number of rotatable bonds is 7. The summed E-state index contributed by atoms with van der Waals surface area (Å²) in [6.45, 7) is 5.14. The molecule has 0 radical (unpaired) electrons. The Morgan fingerprint density at radius 2 is 2.00 bits per heavy atom. The van der Waals surface area contributed by atoms with Gasteiger partial charge in [-0.3, -0.25) is 9.59 Å². The predicted octanol–water partition coefficient (Wildman–Crippen LogP) is 2.99. The van der Waals surface area contributed by atoms with Gasteiger partial charge in [-0.15, -0.1) is 0 Å². The van der Waals surface area contributed by atoms with Crippen molar-refractivity contribution in [3.8, 4) is 0 Å². The van der Waals surface area contributed by atoms with Crippen LogP contribution in [-0.4, -0.2) is 46.5 Å². The largest absolute Gasteiger partial charge is 0.457 e. The Kier molecular flexibility index (Phi) is 5.92. The lowest BCUT2D eigenvalue weighted by atomic mass is 9.82. The third-order valence-corrected chi connectivity index (χ3v) is 5.76. The lowest BCUT2D eigenvalue weighted by Gasteiger charge is -2.44. The fourth-order valence-electron chi connectivity index (χ4n) is 4.29. The first kappa shape index (κ1) is 21.5. The Bertz CT molecular complexity index is 1110. The molecule has 32 heavy (non-hydrogen) atoms. The fourth-order valence-corrected chi connectivity index (χ4v) is 4.29. The average molecular weight is 432 g/mol. The number of nitrogens with one attached hydrogen (secondary N) is 1. The molecule has 0 aromatic heterocycles. The molecule has 0 bridgehead atoms. The molecule has 0 spiro atoms. The van der Waals surface area contributed by atoms with E-state index >= 15 is 0 Å². The van der Waals surface area contributed by atoms with Crippen LogP contribution in [0.2, 0.25) is 0 Å². The van der Waals surface area contributed by atoms with Crippen LogP contribution in [0.15, 0.2) is 72.9 Å². The zero-order valence-corrected chi connectivity index (χ0v) is 17.7. The van der Waals surface area contributed by atoms with Crippen molar-refractivity contribution in [3.63, 3.8) is 0 Å². The molecule has 2 aliphatic heterocycles. The van der Waals surface area contributed by atoms with Crippen LogP contribution >= 0.6 is 0 Å². The molecule has 2 aliphatic rings. The van der Waals surface area contributed by atoms with E-state index in [9.17, 15) is 19.5 Å². The number of amides is 2. The van der Waals surface area contributed by atoms with Crippen molar-refractivity contribution in [2.75, 3.05) is 11.9 Å². The maximum absolute atomic E-state index is 12.8. The van der Waals surface area contributed by atoms with Crippen LogP contribution < -0.4 is 5.32 Å². The first-order chi connectivity index (χ1) is 15.4. The maximum atomic E-state index is 12.8. The Balaban J connectivity index is 1.67. The second-order valence-electron chi connectivity index (χ2n) is 7.86. The number of β-lactam (4-membered cyclic amide) rings is 1. The fraction of sp³-hybridized carbons (Fsp3) is 0.240. The number of aliphatic hydroxyl groups is 1. The van der Waals surface area contributed by atoms with Crippen molar-refractivity contribution in [3.05, 3.63) is 84.1 Å². The smallest absolute Gasteiger partial charge is 0.355 e. The second kappa shape index (κ2) is 8.80. The lowest BCUT2D eigenvalue weighted by Crippen LogP contribution is -2.61. The number of aliphatic hydroxyl groups excluding tert-OH is 1. The van der Waals surface area contributed by atoms with Crippen LogP contribution in [-0.2, 0) is 14.3 Å². The normalized spacial score (nSPS) is 20.3. The summed E-state index contributed by atoms with van der Waals surface area (Å²) in [5.41, 5.74) is 2.54. The summed E-state index contributed by atoms with van der Waals surface area (Å²) in [5.74, 6) is -1.78. The van der Waals surface area contributed by atoms with Gasteiger partial charge >= 0.3 is 5.97 Å². The zero-order valence-electron chi connectivity index (χ0n) is 17.7. The van der Waals surface area contributed by atoms with E-state index in [0.717, 1.165) is 0 Å². The molecular weight excluding hydrogens is 408 g/mol. The first-order valence-corrected chi connectivity index (χ1v) is 10.4. The Labute approximate surface area is 186 Å². The van der Waals surface area contributed by atoms with Crippen LogP contribution in [0, 0.1) is 5.92 Å². The molecule has 2 heterocycles. The molecular formula is C25H24N2O5. The van der Waals surface area contributed by atoms with Crippen LogP contribution in [0.5, 0.6) is 0 Å². The maximum Gasteiger partial charge on any atom is 0.355 e. The SMILES string of the molecule is C=CCOC(=O)C1=C(c2cccc(C(=O)Nc3ccccc3)c2)C[C@@H]2[C@@H]([C@@H](C)O)C(=O)N12. The van der Waals surface area contributed by atoms with Gasteiger partial charge in [-0.1, -0.05) is 43.0 Å². The van der Waals surface area contributed by atoms with E-state index in [4.69, 9.17) is 4.74 Å². The molecule has 2 amide bonds. The molecule has 7 nitrogen and oxygen atoms in total. The molecule has 0 aliphatic carbocycles. The number of carbonyl (C=O) groups excluding carboxylic acids is 3. The number of esters is 1. The standard InChI is InChI=1S/C25H24N2O5/c1-3-12-32-25(31)22-19(14-20-21(15(2)28)24(30)27(20)22)16-8-7-9-17(13-16)23(29)26-18-10-5-4-6-11-18/h3-11,13,15,20-21,28H,1,12,14H2,2H3,(H,26,29)/t15-,20-,21-/m1/s1. The molecule has 0 saturated carbocycles. The van der Waals surface area contributed by atoms with E-state index in [-0.39, 0.29) is 30.2 Å². The van der Waals surface area contributed by atoms with Crippen LogP contribution in [0.4, 0.5) is 5.69 Å². The molecule has 2 N–H and O–H groups in total. The Morgan fingerprint density at radius 1 is 1.25 bits per heavy atom. The van der Waals surface area contributed by atoms with Gasteiger partial charge in [0.05, 0.1) is 18.1 Å². The van der Waals surface area contributed by atoms with Gasteiger partial charge < -0.3 is 20.1 Å². The number of fused-ring (bicyclic) bond motifs is 1. The van der Waals surface area contributed by atoms with E-state index in [1.54, 1.807) is 43.3 Å². The van der Waals surface area contributed by atoms with Crippen molar-refractivity contribution >= 4 is 29.0 Å². The highest BCUT2D eigenvalue weighted by atomic mass is 16.5. The number of carbonyl (C=O) groups is 3. The van der Waals surface area contributed by atoms with E-state index in [2.05, 4.69) is 11.9 Å². The number of ether oxygens (including phenoxy) is 1. The summed E-state index contributed by atoms with van der Waals surface area (Å²) >= 11 is 0. The van der Waals surface area contributed by atoms with Gasteiger partial charge in [-0.05, 0) is 48.7 Å². The Morgan fingerprint density at radius 3 is 2.69 bits per heavy atom. The highest BCUT2D eigenvalue weighted by Gasteiger charge is 2.57. The topological polar surface area (TPSA) is 95.9 Å². The third-order valence-electron chi connectivity index (χ3n) is 5.76. The minimum atomic E-state index is -0.823. The second-order valence-corrected chi connectivity index (χ2v) is 7.86. The quantitative estimate of drug-likeness (QED) is 0.398. The summed E-state index contributed by atoms with van der Waals surface area (Å²) < 4.78 is 5.23. The molecule has 2 aromatic rings. The predicted molar refractivity (Wildman–Crippen MR) is 119 cm³/mol. The zero-order chi connectivity index (χ0) is 22.8. The number of benzene rings is 2. The highest BCUT2D eigenvalue weighted by Crippen LogP contribution is 2.47. The Hall–Kier alpha value is -3.71. The first-order valence-electron chi connectivity index (χ1n) is 10.4. The number of hydrogen-bond donors (Lipinski definition) is 2. The number of anilines is 1. The van der Waals surface area contributed by atoms with E-state index < -0.39 is 18.0 Å². The van der Waals surface area contributed by atoms with Crippen LogP contribution in [0.1, 0.15) is 29.3 Å². The van der Waals surface area contributed by atoms with Gasteiger partial charge in [0.1, 0.15) is 12.3 Å². The number of hydrogen-bond acceptors (Lipinski definition) is 5. The highest BCUT2D eigenvalue weighted by molar-refractivity contribution is 6.08. The van der Waals surface area contributed by atoms with E-state index in [0.29, 0.717) is 28.8 Å². The number of nitrogens with zero attached hydrogens (tertiary/aromatic N) is 1. The van der Waals surface area contributed by atoms with Gasteiger partial charge in [-0.2, -0.15) is 0 Å². The van der Waals surface area contributed by atoms with Crippen molar-refractivity contribution in [1.29, 1.82) is 0 Å². The molecule has 2 aromatic carbocycles. The molecule has 3 atom stereocenters. The minimum Gasteiger partial charge on any atom is -0.457 e. The van der Waals surface area contributed by atoms with Crippen molar-refractivity contribution in [2.45, 2.75) is 25.5 Å². The molecule has 1 fully saturated rings. The summed E-state index contributed by atoms with van der Waals surface area (Å²) in [6, 6.07) is 15.7. The van der Waals surface area contributed by atoms with Crippen molar-refractivity contribution in [1.82, 2.24) is 4.90 Å². The summed E-state index contributed by atoms with van der Waals surface area (Å²) in [5, 5.41) is 12.9. The summed E-state index contributed by atoms with van der Waals surface area (Å²) in [6.07, 6.45) is 1.02. The molecule has 164 valence electrons. The van der Waals surface area contributed by atoms with Gasteiger partial charge in [0.2, 0.25) is 5.91 Å². The van der Waals surface area contributed by atoms with Gasteiger partial charge in [0.25, 0.3) is 5.91 Å². The van der Waals surface area contributed by atoms with E-state index in [1.807, 2.05) is 18.2 Å². The van der Waals surface area contributed by atoms with E-state index in [1.165, 1.54) is 11.0 Å². The molecule has 7 heteroatoms. The molecule has 1 saturated heterocycles. The number of para-hydroxylation sites is 1. The van der Waals surface area contributed by atoms with Crippen LogP contribution in [0.25, 0.3) is 5.57 Å². The minimum absolute atomic E-state index is 0.0155. The third kappa shape index (κ3) is 3.83. The van der Waals surface area contributed by atoms with Crippen molar-refractivity contribution < 1.29 is 24.2 Å². The van der Waals surface area contributed by atoms with Crippen LogP contribution in [0.3, 0.4) is 0 Å². The molecule has 4 rings (SSSR count). The molecule has 0 unspecified atom stereocenters.